The largest absolute Gasteiger partial charge is 0.488 e. The van der Waals surface area contributed by atoms with Crippen LogP contribution in [0, 0.1) is 0 Å². The van der Waals surface area contributed by atoms with Crippen molar-refractivity contribution in [3.8, 4) is 11.6 Å². The molecule has 0 unspecified atom stereocenters. The fourth-order valence-electron chi connectivity index (χ4n) is 1.96. The molecule has 0 saturated carbocycles. The van der Waals surface area contributed by atoms with Crippen molar-refractivity contribution in [1.82, 2.24) is 10.3 Å². The molecule has 2 rings (SSSR count). The minimum absolute atomic E-state index is 0.401. The van der Waals surface area contributed by atoms with Gasteiger partial charge in [0, 0.05) is 23.3 Å². The number of rotatable bonds is 7. The third-order valence-corrected chi connectivity index (χ3v) is 3.25. The molecule has 1 heterocycles. The van der Waals surface area contributed by atoms with E-state index < -0.39 is 0 Å². The van der Waals surface area contributed by atoms with Crippen molar-refractivity contribution >= 4 is 11.6 Å². The summed E-state index contributed by atoms with van der Waals surface area (Å²) in [5, 5.41) is 3.98. The highest BCUT2D eigenvalue weighted by Crippen LogP contribution is 2.25. The molecule has 0 aliphatic carbocycles. The molecule has 21 heavy (non-hydrogen) atoms. The number of ether oxygens (including phenoxy) is 2. The maximum Gasteiger partial charge on any atom is 0.219 e. The first-order valence-electron chi connectivity index (χ1n) is 6.84. The molecule has 0 bridgehead atoms. The van der Waals surface area contributed by atoms with Gasteiger partial charge in [0.2, 0.25) is 5.88 Å². The average molecular weight is 307 g/mol. The van der Waals surface area contributed by atoms with Gasteiger partial charge >= 0.3 is 0 Å². The third kappa shape index (κ3) is 4.34. The van der Waals surface area contributed by atoms with Gasteiger partial charge in [-0.25, -0.2) is 4.98 Å². The van der Waals surface area contributed by atoms with E-state index in [1.54, 1.807) is 13.3 Å². The van der Waals surface area contributed by atoms with Gasteiger partial charge in [0.25, 0.3) is 0 Å². The predicted molar refractivity (Wildman–Crippen MR) is 84.0 cm³/mol. The highest BCUT2D eigenvalue weighted by Gasteiger charge is 2.08. The number of benzene rings is 1. The molecule has 0 aliphatic rings. The van der Waals surface area contributed by atoms with E-state index in [1.807, 2.05) is 30.3 Å². The van der Waals surface area contributed by atoms with Gasteiger partial charge in [-0.15, -0.1) is 0 Å². The molecule has 0 amide bonds. The van der Waals surface area contributed by atoms with Crippen LogP contribution in [0.1, 0.15) is 18.1 Å². The highest BCUT2D eigenvalue weighted by atomic mass is 35.5. The predicted octanol–water partition coefficient (Wildman–Crippen LogP) is 3.43. The summed E-state index contributed by atoms with van der Waals surface area (Å²) in [4.78, 5) is 4.16. The lowest BCUT2D eigenvalue weighted by Gasteiger charge is -2.13. The Hall–Kier alpha value is -1.78. The van der Waals surface area contributed by atoms with Crippen molar-refractivity contribution in [1.29, 1.82) is 0 Å². The summed E-state index contributed by atoms with van der Waals surface area (Å²) in [6.45, 7) is 4.07. The third-order valence-electron chi connectivity index (χ3n) is 3.01. The Morgan fingerprint density at radius 3 is 2.86 bits per heavy atom. The molecular formula is C16H19ClN2O2. The zero-order valence-electron chi connectivity index (χ0n) is 12.2. The van der Waals surface area contributed by atoms with E-state index >= 15 is 0 Å². The van der Waals surface area contributed by atoms with Crippen molar-refractivity contribution < 1.29 is 9.47 Å². The Labute approximate surface area is 130 Å². The Balaban J connectivity index is 2.12. The quantitative estimate of drug-likeness (QED) is 0.851. The topological polar surface area (TPSA) is 43.4 Å². The smallest absolute Gasteiger partial charge is 0.219 e. The van der Waals surface area contributed by atoms with Crippen molar-refractivity contribution in [2.75, 3.05) is 13.7 Å². The highest BCUT2D eigenvalue weighted by molar-refractivity contribution is 6.30. The van der Waals surface area contributed by atoms with E-state index in [9.17, 15) is 0 Å². The zero-order chi connectivity index (χ0) is 15.1. The Morgan fingerprint density at radius 1 is 1.24 bits per heavy atom. The number of nitrogens with one attached hydrogen (secondary N) is 1. The first-order valence-corrected chi connectivity index (χ1v) is 7.22. The van der Waals surface area contributed by atoms with Crippen molar-refractivity contribution in [3.05, 3.63) is 52.7 Å². The van der Waals surface area contributed by atoms with E-state index in [2.05, 4.69) is 17.2 Å². The molecule has 0 saturated heterocycles. The Morgan fingerprint density at radius 2 is 2.10 bits per heavy atom. The summed E-state index contributed by atoms with van der Waals surface area (Å²) >= 11 is 6.05. The summed E-state index contributed by atoms with van der Waals surface area (Å²) in [5.74, 6) is 1.39. The van der Waals surface area contributed by atoms with E-state index in [-0.39, 0.29) is 0 Å². The van der Waals surface area contributed by atoms with Crippen molar-refractivity contribution in [3.63, 3.8) is 0 Å². The lowest BCUT2D eigenvalue weighted by Crippen LogP contribution is -2.13. The fraction of sp³-hybridized carbons (Fsp3) is 0.312. The minimum Gasteiger partial charge on any atom is -0.488 e. The van der Waals surface area contributed by atoms with E-state index in [4.69, 9.17) is 21.1 Å². The fourth-order valence-corrected chi connectivity index (χ4v) is 2.15. The summed E-state index contributed by atoms with van der Waals surface area (Å²) in [6.07, 6.45) is 1.70. The van der Waals surface area contributed by atoms with Crippen LogP contribution in [0.4, 0.5) is 0 Å². The molecule has 0 spiro atoms. The van der Waals surface area contributed by atoms with Crippen LogP contribution in [0.2, 0.25) is 5.02 Å². The minimum atomic E-state index is 0.401. The molecule has 4 nitrogen and oxygen atoms in total. The monoisotopic (exact) mass is 306 g/mol. The van der Waals surface area contributed by atoms with Crippen LogP contribution in [-0.4, -0.2) is 18.6 Å². The van der Waals surface area contributed by atoms with Gasteiger partial charge < -0.3 is 14.8 Å². The second-order valence-corrected chi connectivity index (χ2v) is 4.93. The van der Waals surface area contributed by atoms with Crippen LogP contribution in [0.15, 0.2) is 36.5 Å². The number of pyridine rings is 1. The van der Waals surface area contributed by atoms with Crippen LogP contribution < -0.4 is 14.8 Å². The molecule has 0 aliphatic heterocycles. The molecule has 5 heteroatoms. The molecule has 0 radical (unpaired) electrons. The van der Waals surface area contributed by atoms with Gasteiger partial charge in [0.15, 0.2) is 0 Å². The van der Waals surface area contributed by atoms with Crippen LogP contribution >= 0.6 is 11.6 Å². The molecule has 0 atom stereocenters. The van der Waals surface area contributed by atoms with Crippen molar-refractivity contribution in [2.45, 2.75) is 20.1 Å². The maximum absolute atomic E-state index is 6.05. The van der Waals surface area contributed by atoms with Crippen LogP contribution in [0.3, 0.4) is 0 Å². The number of hydrogen-bond acceptors (Lipinski definition) is 4. The van der Waals surface area contributed by atoms with Crippen LogP contribution in [0.25, 0.3) is 0 Å². The lowest BCUT2D eigenvalue weighted by atomic mass is 10.2. The van der Waals surface area contributed by atoms with Crippen molar-refractivity contribution in [2.24, 2.45) is 0 Å². The lowest BCUT2D eigenvalue weighted by molar-refractivity contribution is 0.290. The van der Waals surface area contributed by atoms with Gasteiger partial charge in [-0.2, -0.15) is 0 Å². The maximum atomic E-state index is 6.05. The number of methoxy groups -OCH3 is 1. The summed E-state index contributed by atoms with van der Waals surface area (Å²) < 4.78 is 11.1. The molecule has 0 fully saturated rings. The van der Waals surface area contributed by atoms with E-state index in [0.29, 0.717) is 17.5 Å². The van der Waals surface area contributed by atoms with Crippen LogP contribution in [0.5, 0.6) is 11.6 Å². The van der Waals surface area contributed by atoms with E-state index in [1.165, 1.54) is 0 Å². The number of nitrogens with zero attached hydrogens (tertiary/aromatic N) is 1. The summed E-state index contributed by atoms with van der Waals surface area (Å²) in [5.41, 5.74) is 1.94. The standard InChI is InChI=1S/C16H19ClN2O2/c1-3-18-10-13-9-14(17)6-7-15(13)21-11-12-5-4-8-19-16(12)20-2/h4-9,18H,3,10-11H2,1-2H3. The second-order valence-electron chi connectivity index (χ2n) is 4.49. The second kappa shape index (κ2) is 7.86. The molecule has 112 valence electrons. The number of halogens is 1. The van der Waals surface area contributed by atoms with Gasteiger partial charge in [0.1, 0.15) is 12.4 Å². The van der Waals surface area contributed by atoms with Gasteiger partial charge in [-0.05, 0) is 36.9 Å². The van der Waals surface area contributed by atoms with Crippen LogP contribution in [-0.2, 0) is 13.2 Å². The first-order chi connectivity index (χ1) is 10.2. The molecule has 1 aromatic heterocycles. The Bertz CT molecular complexity index is 590. The first kappa shape index (κ1) is 15.6. The molecular weight excluding hydrogens is 288 g/mol. The average Bonchev–Trinajstić information content (AvgIpc) is 2.52. The Kier molecular flexibility index (Phi) is 5.84. The van der Waals surface area contributed by atoms with E-state index in [0.717, 1.165) is 30.0 Å². The number of hydrogen-bond donors (Lipinski definition) is 1. The normalized spacial score (nSPS) is 10.4. The number of aromatic nitrogens is 1. The SMILES string of the molecule is CCNCc1cc(Cl)ccc1OCc1cccnc1OC. The summed E-state index contributed by atoms with van der Waals surface area (Å²) in [7, 11) is 1.60. The van der Waals surface area contributed by atoms with Gasteiger partial charge in [-0.1, -0.05) is 18.5 Å². The molecule has 2 aromatic rings. The van der Waals surface area contributed by atoms with Gasteiger partial charge in [0.05, 0.1) is 12.7 Å². The zero-order valence-corrected chi connectivity index (χ0v) is 13.0. The summed E-state index contributed by atoms with van der Waals surface area (Å²) in [6, 6.07) is 9.43. The van der Waals surface area contributed by atoms with Gasteiger partial charge in [-0.3, -0.25) is 0 Å². The molecule has 1 N–H and O–H groups in total. The molecule has 1 aromatic carbocycles.